The molecule has 0 aromatic heterocycles. The smallest absolute Gasteiger partial charge is 0.207 e. The molecule has 2 spiro atoms. The first kappa shape index (κ1) is 18.2. The molecule has 7 rings (SSSR count). The van der Waals surface area contributed by atoms with E-state index in [0.717, 1.165) is 30.6 Å². The Hall–Kier alpha value is -1.38. The minimum atomic E-state index is -1.10. The Morgan fingerprint density at radius 1 is 1.17 bits per heavy atom. The highest BCUT2D eigenvalue weighted by Gasteiger charge is 2.78. The monoisotopic (exact) mass is 415 g/mol. The average Bonchev–Trinajstić information content (AvgIpc) is 3.30. The molecule has 2 bridgehead atoms. The van der Waals surface area contributed by atoms with Gasteiger partial charge >= 0.3 is 0 Å². The molecule has 0 radical (unpaired) electrons. The molecule has 3 aliphatic heterocycles. The van der Waals surface area contributed by atoms with Gasteiger partial charge in [0.15, 0.2) is 17.6 Å². The minimum Gasteiger partial charge on any atom is -0.493 e. The van der Waals surface area contributed by atoms with Gasteiger partial charge in [-0.3, -0.25) is 4.90 Å². The van der Waals surface area contributed by atoms with E-state index in [2.05, 4.69) is 4.90 Å². The van der Waals surface area contributed by atoms with Crippen LogP contribution in [-0.2, 0) is 14.9 Å². The molecule has 7 heteroatoms. The third-order valence-corrected chi connectivity index (χ3v) is 8.79. The number of methoxy groups -OCH3 is 1. The summed E-state index contributed by atoms with van der Waals surface area (Å²) in [5, 5.41) is 24.0. The molecule has 1 aromatic carbocycles. The number of rotatable bonds is 3. The number of fused-ring (bicyclic) bond motifs is 1. The number of nitrogens with zero attached hydrogens (tertiary/aromatic N) is 1. The van der Waals surface area contributed by atoms with Crippen molar-refractivity contribution in [1.29, 1.82) is 0 Å². The Kier molecular flexibility index (Phi) is 3.46. The second-order valence-corrected chi connectivity index (χ2v) is 10.0. The number of hydrogen-bond donors (Lipinski definition) is 2. The van der Waals surface area contributed by atoms with Gasteiger partial charge in [0.1, 0.15) is 0 Å². The molecule has 6 aliphatic rings. The molecular weight excluding hydrogens is 386 g/mol. The van der Waals surface area contributed by atoms with Crippen LogP contribution in [0.4, 0.5) is 0 Å². The van der Waals surface area contributed by atoms with E-state index in [0.29, 0.717) is 43.5 Å². The molecule has 0 amide bonds. The van der Waals surface area contributed by atoms with Crippen molar-refractivity contribution in [3.8, 4) is 11.5 Å². The Morgan fingerprint density at radius 3 is 2.70 bits per heavy atom. The number of aliphatic hydroxyl groups excluding tert-OH is 1. The van der Waals surface area contributed by atoms with E-state index in [1.165, 1.54) is 12.8 Å². The van der Waals surface area contributed by atoms with Crippen molar-refractivity contribution in [2.45, 2.75) is 67.2 Å². The van der Waals surface area contributed by atoms with E-state index >= 15 is 0 Å². The van der Waals surface area contributed by atoms with Crippen molar-refractivity contribution in [3.05, 3.63) is 23.3 Å². The van der Waals surface area contributed by atoms with Crippen molar-refractivity contribution in [2.24, 2.45) is 5.92 Å². The van der Waals surface area contributed by atoms with Crippen LogP contribution < -0.4 is 9.47 Å². The molecule has 3 aliphatic carbocycles. The fourth-order valence-corrected chi connectivity index (χ4v) is 7.42. The first-order valence-corrected chi connectivity index (χ1v) is 11.3. The van der Waals surface area contributed by atoms with Crippen molar-refractivity contribution in [2.75, 3.05) is 33.4 Å². The largest absolute Gasteiger partial charge is 0.493 e. The first-order chi connectivity index (χ1) is 14.5. The van der Waals surface area contributed by atoms with E-state index in [1.807, 2.05) is 12.1 Å². The molecule has 162 valence electrons. The summed E-state index contributed by atoms with van der Waals surface area (Å²) in [5.41, 5.74) is 0.00888. The Bertz CT molecular complexity index is 911. The van der Waals surface area contributed by atoms with Gasteiger partial charge in [0.2, 0.25) is 5.79 Å². The summed E-state index contributed by atoms with van der Waals surface area (Å²) in [6, 6.07) is 3.49. The highest BCUT2D eigenvalue weighted by Crippen LogP contribution is 2.69. The van der Waals surface area contributed by atoms with Crippen molar-refractivity contribution >= 4 is 0 Å². The zero-order chi connectivity index (χ0) is 20.3. The lowest BCUT2D eigenvalue weighted by Crippen LogP contribution is -2.80. The van der Waals surface area contributed by atoms with Gasteiger partial charge < -0.3 is 29.2 Å². The second-order valence-electron chi connectivity index (χ2n) is 10.0. The predicted octanol–water partition coefficient (Wildman–Crippen LogP) is 1.49. The van der Waals surface area contributed by atoms with Crippen LogP contribution in [0, 0.1) is 5.92 Å². The van der Waals surface area contributed by atoms with E-state index in [-0.39, 0.29) is 6.04 Å². The van der Waals surface area contributed by atoms with Crippen molar-refractivity contribution in [3.63, 3.8) is 0 Å². The van der Waals surface area contributed by atoms with E-state index in [9.17, 15) is 10.2 Å². The normalized spacial score (nSPS) is 42.8. The summed E-state index contributed by atoms with van der Waals surface area (Å²) < 4.78 is 24.6. The summed E-state index contributed by atoms with van der Waals surface area (Å²) in [4.78, 5) is 2.35. The Labute approximate surface area is 175 Å². The lowest BCUT2D eigenvalue weighted by molar-refractivity contribution is -0.304. The van der Waals surface area contributed by atoms with Crippen LogP contribution in [0.1, 0.15) is 49.3 Å². The quantitative estimate of drug-likeness (QED) is 0.774. The third-order valence-electron chi connectivity index (χ3n) is 8.79. The van der Waals surface area contributed by atoms with Crippen molar-refractivity contribution in [1.82, 2.24) is 4.90 Å². The lowest BCUT2D eigenvalue weighted by Gasteiger charge is -2.66. The van der Waals surface area contributed by atoms with Crippen LogP contribution in [0.5, 0.6) is 11.5 Å². The molecule has 3 heterocycles. The Morgan fingerprint density at radius 2 is 1.97 bits per heavy atom. The number of hydrogen-bond acceptors (Lipinski definition) is 7. The van der Waals surface area contributed by atoms with Gasteiger partial charge in [-0.2, -0.15) is 0 Å². The molecule has 2 N–H and O–H groups in total. The molecule has 0 unspecified atom stereocenters. The predicted molar refractivity (Wildman–Crippen MR) is 106 cm³/mol. The average molecular weight is 415 g/mol. The summed E-state index contributed by atoms with van der Waals surface area (Å²) in [5.74, 6) is 1.12. The van der Waals surface area contributed by atoms with E-state index < -0.39 is 29.0 Å². The maximum atomic E-state index is 12.5. The molecule has 2 saturated carbocycles. The maximum Gasteiger partial charge on any atom is 0.207 e. The summed E-state index contributed by atoms with van der Waals surface area (Å²) in [7, 11) is 1.63. The van der Waals surface area contributed by atoms with E-state index in [4.69, 9.17) is 18.9 Å². The zero-order valence-electron chi connectivity index (χ0n) is 17.3. The van der Waals surface area contributed by atoms with Gasteiger partial charge in [-0.1, -0.05) is 6.07 Å². The first-order valence-electron chi connectivity index (χ1n) is 11.3. The molecular formula is C23H29NO6. The zero-order valence-corrected chi connectivity index (χ0v) is 17.3. The van der Waals surface area contributed by atoms with Gasteiger partial charge in [-0.25, -0.2) is 0 Å². The summed E-state index contributed by atoms with van der Waals surface area (Å²) >= 11 is 0. The minimum absolute atomic E-state index is 0.344. The Balaban J connectivity index is 1.47. The van der Waals surface area contributed by atoms with Crippen LogP contribution in [0.2, 0.25) is 0 Å². The maximum absolute atomic E-state index is 12.5. The van der Waals surface area contributed by atoms with Gasteiger partial charge in [0.05, 0.1) is 43.5 Å². The van der Waals surface area contributed by atoms with Gasteiger partial charge in [0, 0.05) is 18.5 Å². The fraction of sp³-hybridized carbons (Fsp3) is 0.739. The number of ether oxygens (including phenoxy) is 4. The standard InChI is InChI=1S/C23H29NO6/c1-27-15-5-4-14-16-18(15)30-20-21(16)8-9-24(12-13-2-3-13)19(17(14)25)22(21,26)6-7-23(20)28-10-11-29-23/h4-5,13,17,19-20,25-26H,2-3,6-12H2,1H3/t17-,19-,20-,21+,22-/m1/s1. The molecule has 1 aromatic rings. The number of aliphatic hydroxyl groups is 2. The van der Waals surface area contributed by atoms with Crippen LogP contribution in [0.25, 0.3) is 0 Å². The second kappa shape index (κ2) is 5.70. The molecule has 5 atom stereocenters. The third kappa shape index (κ3) is 1.91. The number of benzene rings is 1. The SMILES string of the molecule is COc1ccc2c3c1O[C@H]1C4(CC[C@@]5(O)[C@@H]([C@@H]2O)N(CC2CC2)CC[C@]315)OCCO4. The molecule has 30 heavy (non-hydrogen) atoms. The van der Waals surface area contributed by atoms with Crippen LogP contribution in [0.15, 0.2) is 12.1 Å². The van der Waals surface area contributed by atoms with Crippen LogP contribution in [-0.4, -0.2) is 72.1 Å². The van der Waals surface area contributed by atoms with Gasteiger partial charge in [-0.15, -0.1) is 0 Å². The molecule has 7 nitrogen and oxygen atoms in total. The summed E-state index contributed by atoms with van der Waals surface area (Å²) in [6.45, 7) is 2.85. The number of likely N-dealkylation sites (tertiary alicyclic amines) is 1. The number of piperidine rings is 1. The molecule has 2 saturated heterocycles. The lowest BCUT2D eigenvalue weighted by atomic mass is 9.47. The fourth-order valence-electron chi connectivity index (χ4n) is 7.42. The van der Waals surface area contributed by atoms with Crippen molar-refractivity contribution < 1.29 is 29.2 Å². The van der Waals surface area contributed by atoms with Crippen LogP contribution >= 0.6 is 0 Å². The van der Waals surface area contributed by atoms with E-state index in [1.54, 1.807) is 7.11 Å². The summed E-state index contributed by atoms with van der Waals surface area (Å²) in [6.07, 6.45) is 3.12. The van der Waals surface area contributed by atoms with Crippen LogP contribution in [0.3, 0.4) is 0 Å². The molecule has 4 fully saturated rings. The van der Waals surface area contributed by atoms with Gasteiger partial charge in [-0.05, 0) is 49.8 Å². The highest BCUT2D eigenvalue weighted by molar-refractivity contribution is 5.64. The topological polar surface area (TPSA) is 80.6 Å². The highest BCUT2D eigenvalue weighted by atomic mass is 16.8. The van der Waals surface area contributed by atoms with Gasteiger partial charge in [0.25, 0.3) is 0 Å².